The summed E-state index contributed by atoms with van der Waals surface area (Å²) in [6.45, 7) is 3.30. The number of halogens is 1. The minimum atomic E-state index is -3.89. The number of anilines is 1. The van der Waals surface area contributed by atoms with Gasteiger partial charge in [-0.2, -0.15) is 0 Å². The highest BCUT2D eigenvalue weighted by atomic mass is 79.9. The van der Waals surface area contributed by atoms with Gasteiger partial charge < -0.3 is 4.52 Å². The van der Waals surface area contributed by atoms with Crippen LogP contribution in [0.15, 0.2) is 37.2 Å². The number of aromatic nitrogens is 1. The molecule has 2 rings (SSSR count). The Morgan fingerprint density at radius 2 is 2.14 bits per heavy atom. The molecule has 0 aliphatic carbocycles. The van der Waals surface area contributed by atoms with Crippen LogP contribution < -0.4 is 4.72 Å². The zero-order valence-corrected chi connectivity index (χ0v) is 13.4. The molecule has 0 radical (unpaired) electrons. The monoisotopic (exact) mass is 371 g/mol. The quantitative estimate of drug-likeness (QED) is 0.498. The third kappa shape index (κ3) is 3.18. The van der Waals surface area contributed by atoms with Gasteiger partial charge in [-0.15, -0.1) is 0 Å². The van der Waals surface area contributed by atoms with Gasteiger partial charge in [-0.1, -0.05) is 22.4 Å². The van der Waals surface area contributed by atoms with Gasteiger partial charge in [-0.3, -0.25) is 0 Å². The van der Waals surface area contributed by atoms with Crippen LogP contribution >= 0.6 is 15.9 Å². The van der Waals surface area contributed by atoms with Gasteiger partial charge in [0.2, 0.25) is 0 Å². The van der Waals surface area contributed by atoms with Gasteiger partial charge in [0.15, 0.2) is 0 Å². The normalized spacial score (nSPS) is 11.0. The molecule has 1 aromatic heterocycles. The van der Waals surface area contributed by atoms with Gasteiger partial charge in [0, 0.05) is 10.6 Å². The Morgan fingerprint density at radius 3 is 2.71 bits per heavy atom. The summed E-state index contributed by atoms with van der Waals surface area (Å²) < 4.78 is 32.4. The summed E-state index contributed by atoms with van der Waals surface area (Å²) in [6, 6.07) is 4.37. The molecule has 0 saturated carbocycles. The second-order valence-electron chi connectivity index (χ2n) is 4.16. The van der Waals surface area contributed by atoms with E-state index in [1.165, 1.54) is 12.1 Å². The van der Waals surface area contributed by atoms with Crippen molar-refractivity contribution in [3.63, 3.8) is 0 Å². The van der Waals surface area contributed by atoms with E-state index in [0.29, 0.717) is 15.7 Å². The predicted octanol–water partition coefficient (Wildman–Crippen LogP) is 3.80. The molecule has 10 heteroatoms. The van der Waals surface area contributed by atoms with E-state index < -0.39 is 10.0 Å². The molecule has 21 heavy (non-hydrogen) atoms. The van der Waals surface area contributed by atoms with Crippen LogP contribution in [0.5, 0.6) is 0 Å². The molecule has 1 heterocycles. The fourth-order valence-corrected chi connectivity index (χ4v) is 3.23. The number of hydrogen-bond acceptors (Lipinski definition) is 5. The number of nitrogens with one attached hydrogen (secondary N) is 1. The second-order valence-corrected chi connectivity index (χ2v) is 6.60. The number of nitrogens with zero attached hydrogens (tertiary/aromatic N) is 4. The van der Waals surface area contributed by atoms with Crippen molar-refractivity contribution in [1.82, 2.24) is 5.16 Å². The number of benzene rings is 1. The van der Waals surface area contributed by atoms with Gasteiger partial charge in [0.1, 0.15) is 4.47 Å². The van der Waals surface area contributed by atoms with E-state index in [1.807, 2.05) is 0 Å². The van der Waals surface area contributed by atoms with Gasteiger partial charge in [0.05, 0.1) is 10.6 Å². The van der Waals surface area contributed by atoms with Crippen molar-refractivity contribution < 1.29 is 12.9 Å². The van der Waals surface area contributed by atoms with Crippen LogP contribution in [-0.4, -0.2) is 13.6 Å². The zero-order valence-electron chi connectivity index (χ0n) is 11.0. The van der Waals surface area contributed by atoms with E-state index in [-0.39, 0.29) is 16.5 Å². The molecule has 0 aliphatic heterocycles. The lowest BCUT2D eigenvalue weighted by atomic mass is 10.2. The molecule has 0 atom stereocenters. The molecule has 0 fully saturated rings. The molecular weight excluding hydrogens is 362 g/mol. The first-order valence-corrected chi connectivity index (χ1v) is 7.93. The first kappa shape index (κ1) is 15.4. The summed E-state index contributed by atoms with van der Waals surface area (Å²) in [5.74, 6) is -0.0129. The first-order chi connectivity index (χ1) is 9.85. The lowest BCUT2D eigenvalue weighted by molar-refractivity contribution is 0.430. The summed E-state index contributed by atoms with van der Waals surface area (Å²) in [4.78, 5) is 2.63. The van der Waals surface area contributed by atoms with Gasteiger partial charge in [0.25, 0.3) is 15.9 Å². The molecule has 0 saturated heterocycles. The minimum absolute atomic E-state index is 0.00615. The molecule has 0 spiro atoms. The topological polar surface area (TPSA) is 121 Å². The maximum Gasteiger partial charge on any atom is 0.264 e. The fraction of sp³-hybridized carbons (Fsp3) is 0.182. The zero-order chi connectivity index (χ0) is 15.6. The maximum absolute atomic E-state index is 12.4. The van der Waals surface area contributed by atoms with E-state index in [1.54, 1.807) is 19.9 Å². The highest BCUT2D eigenvalue weighted by molar-refractivity contribution is 9.10. The summed E-state index contributed by atoms with van der Waals surface area (Å²) >= 11 is 3.18. The number of hydrogen-bond donors (Lipinski definition) is 1. The van der Waals surface area contributed by atoms with Gasteiger partial charge in [-0.05, 0) is 46.9 Å². The molecule has 2 aromatic rings. The van der Waals surface area contributed by atoms with Gasteiger partial charge >= 0.3 is 0 Å². The third-order valence-electron chi connectivity index (χ3n) is 2.64. The lowest BCUT2D eigenvalue weighted by Gasteiger charge is -2.09. The molecule has 110 valence electrons. The van der Waals surface area contributed by atoms with Crippen LogP contribution in [0, 0.1) is 13.8 Å². The van der Waals surface area contributed by atoms with Crippen molar-refractivity contribution in [2.75, 3.05) is 4.72 Å². The minimum Gasteiger partial charge on any atom is -0.336 e. The fourth-order valence-electron chi connectivity index (χ4n) is 1.59. The molecule has 0 bridgehead atoms. The standard InChI is InChI=1S/C11H10BrN5O3S/c1-6-3-4-8(14-17-13)5-9(6)21(18,19)16-11-10(12)7(2)15-20-11/h3-5,16H,1-2H3. The van der Waals surface area contributed by atoms with E-state index in [9.17, 15) is 8.42 Å². The van der Waals surface area contributed by atoms with E-state index in [4.69, 9.17) is 10.1 Å². The molecular formula is C11H10BrN5O3S. The number of sulfonamides is 1. The summed E-state index contributed by atoms with van der Waals surface area (Å²) in [6.07, 6.45) is 0. The Bertz CT molecular complexity index is 840. The molecule has 1 N–H and O–H groups in total. The Kier molecular flexibility index (Phi) is 4.21. The van der Waals surface area contributed by atoms with Crippen molar-refractivity contribution in [2.45, 2.75) is 18.7 Å². The van der Waals surface area contributed by atoms with E-state index >= 15 is 0 Å². The summed E-state index contributed by atoms with van der Waals surface area (Å²) in [7, 11) is -3.89. The molecule has 0 unspecified atom stereocenters. The Labute approximate surface area is 128 Å². The Balaban J connectivity index is 2.46. The second kappa shape index (κ2) is 5.76. The lowest BCUT2D eigenvalue weighted by Crippen LogP contribution is -2.14. The third-order valence-corrected chi connectivity index (χ3v) is 5.05. The van der Waals surface area contributed by atoms with Crippen molar-refractivity contribution in [3.8, 4) is 0 Å². The van der Waals surface area contributed by atoms with Crippen LogP contribution in [0.4, 0.5) is 11.6 Å². The molecule has 0 amide bonds. The Hall–Kier alpha value is -2.03. The van der Waals surface area contributed by atoms with Crippen molar-refractivity contribution in [2.24, 2.45) is 5.11 Å². The van der Waals surface area contributed by atoms with Crippen LogP contribution in [0.2, 0.25) is 0 Å². The van der Waals surface area contributed by atoms with Crippen LogP contribution in [-0.2, 0) is 10.0 Å². The highest BCUT2D eigenvalue weighted by Gasteiger charge is 2.21. The van der Waals surface area contributed by atoms with Crippen LogP contribution in [0.25, 0.3) is 10.4 Å². The predicted molar refractivity (Wildman–Crippen MR) is 79.7 cm³/mol. The number of azide groups is 1. The van der Waals surface area contributed by atoms with Crippen LogP contribution in [0.1, 0.15) is 11.3 Å². The summed E-state index contributed by atoms with van der Waals surface area (Å²) in [5, 5.41) is 7.04. The maximum atomic E-state index is 12.4. The Morgan fingerprint density at radius 1 is 1.43 bits per heavy atom. The first-order valence-electron chi connectivity index (χ1n) is 5.65. The smallest absolute Gasteiger partial charge is 0.264 e. The highest BCUT2D eigenvalue weighted by Crippen LogP contribution is 2.29. The van der Waals surface area contributed by atoms with Crippen molar-refractivity contribution >= 4 is 37.5 Å². The van der Waals surface area contributed by atoms with Crippen molar-refractivity contribution in [1.29, 1.82) is 0 Å². The average molecular weight is 372 g/mol. The van der Waals surface area contributed by atoms with Crippen LogP contribution in [0.3, 0.4) is 0 Å². The molecule has 8 nitrogen and oxygen atoms in total. The summed E-state index contributed by atoms with van der Waals surface area (Å²) in [5.41, 5.74) is 9.65. The van der Waals surface area contributed by atoms with E-state index in [2.05, 4.69) is 35.8 Å². The van der Waals surface area contributed by atoms with Gasteiger partial charge in [-0.25, -0.2) is 13.1 Å². The molecule has 0 aliphatic rings. The van der Waals surface area contributed by atoms with E-state index in [0.717, 1.165) is 0 Å². The SMILES string of the molecule is Cc1ccc(N=[N+]=[N-])cc1S(=O)(=O)Nc1onc(C)c1Br. The largest absolute Gasteiger partial charge is 0.336 e. The number of aryl methyl sites for hydroxylation is 2. The number of rotatable bonds is 4. The average Bonchev–Trinajstić information content (AvgIpc) is 2.72. The molecule has 1 aromatic carbocycles. The van der Waals surface area contributed by atoms with Crippen molar-refractivity contribution in [3.05, 3.63) is 44.4 Å².